The molecule has 1 unspecified atom stereocenters. The molecule has 10 nitrogen and oxygen atoms in total. The third-order valence-corrected chi connectivity index (χ3v) is 8.25. The van der Waals surface area contributed by atoms with E-state index in [1.807, 2.05) is 0 Å². The van der Waals surface area contributed by atoms with Crippen molar-refractivity contribution in [3.63, 3.8) is 0 Å². The molecule has 204 valence electrons. The molecule has 39 heavy (non-hydrogen) atoms. The first-order valence-electron chi connectivity index (χ1n) is 11.6. The molecule has 0 radical (unpaired) electrons. The Hall–Kier alpha value is -3.20. The number of aromatic nitrogens is 2. The first kappa shape index (κ1) is 28.8. The molecule has 0 aliphatic rings. The lowest BCUT2D eigenvalue weighted by molar-refractivity contribution is 0.0908. The minimum atomic E-state index is -4.18. The molecule has 0 fully saturated rings. The number of halogens is 2. The Morgan fingerprint density at radius 3 is 2.38 bits per heavy atom. The number of rotatable bonds is 11. The fourth-order valence-corrected chi connectivity index (χ4v) is 5.29. The molecule has 0 spiro atoms. The Morgan fingerprint density at radius 2 is 1.72 bits per heavy atom. The normalized spacial score (nSPS) is 12.1. The fraction of sp³-hybridized carbons (Fsp3) is 0.192. The molecular formula is C26H25ClIN5O5S. The number of amides is 1. The van der Waals surface area contributed by atoms with Crippen LogP contribution in [0.2, 0.25) is 5.02 Å². The van der Waals surface area contributed by atoms with Crippen LogP contribution in [0.15, 0.2) is 71.6 Å². The lowest BCUT2D eigenvalue weighted by atomic mass is 10.2. The number of alkyl halides is 1. The Balaban J connectivity index is 1.68. The van der Waals surface area contributed by atoms with Gasteiger partial charge in [0.1, 0.15) is 5.75 Å². The third-order valence-electron chi connectivity index (χ3n) is 5.52. The van der Waals surface area contributed by atoms with Crippen molar-refractivity contribution in [2.75, 3.05) is 35.3 Å². The first-order chi connectivity index (χ1) is 18.7. The van der Waals surface area contributed by atoms with Gasteiger partial charge in [0, 0.05) is 23.2 Å². The van der Waals surface area contributed by atoms with Crippen LogP contribution in [0.1, 0.15) is 10.4 Å². The zero-order valence-electron chi connectivity index (χ0n) is 20.9. The van der Waals surface area contributed by atoms with Crippen molar-refractivity contribution < 1.29 is 22.7 Å². The van der Waals surface area contributed by atoms with Crippen LogP contribution in [0.5, 0.6) is 5.75 Å². The summed E-state index contributed by atoms with van der Waals surface area (Å²) in [6.07, 6.45) is 0. The van der Waals surface area contributed by atoms with E-state index < -0.39 is 15.9 Å². The van der Waals surface area contributed by atoms with E-state index in [4.69, 9.17) is 21.1 Å². The van der Waals surface area contributed by atoms with E-state index >= 15 is 0 Å². The van der Waals surface area contributed by atoms with Crippen molar-refractivity contribution >= 4 is 78.5 Å². The Labute approximate surface area is 244 Å². The van der Waals surface area contributed by atoms with Gasteiger partial charge in [0.25, 0.3) is 15.9 Å². The average molecular weight is 682 g/mol. The molecule has 13 heteroatoms. The highest BCUT2D eigenvalue weighted by molar-refractivity contribution is 14.1. The predicted molar refractivity (Wildman–Crippen MR) is 160 cm³/mol. The van der Waals surface area contributed by atoms with Gasteiger partial charge in [-0.1, -0.05) is 52.4 Å². The highest BCUT2D eigenvalue weighted by Gasteiger charge is 2.22. The average Bonchev–Trinajstić information content (AvgIpc) is 2.94. The smallest absolute Gasteiger partial charge is 0.263 e. The standard InChI is InChI=1S/C26H25ClIN5O5S/c1-37-15-17(14-28)29-26(34)16-6-5-7-19(12-16)39(35,36)33-25-24(30-21-8-3-4-9-22(21)31-25)32-23-13-18(38-2)10-11-20(23)27/h3-13,17H,14-15H2,1-2H3,(H,29,34)(H,30,32)(H,31,33). The minimum Gasteiger partial charge on any atom is -0.497 e. The van der Waals surface area contributed by atoms with Crippen molar-refractivity contribution in [1.29, 1.82) is 0 Å². The van der Waals surface area contributed by atoms with Gasteiger partial charge in [-0.25, -0.2) is 18.4 Å². The van der Waals surface area contributed by atoms with Crippen LogP contribution in [0.4, 0.5) is 17.3 Å². The molecule has 1 amide bonds. The summed E-state index contributed by atoms with van der Waals surface area (Å²) in [6.45, 7) is 0.335. The number of ether oxygens (including phenoxy) is 2. The van der Waals surface area contributed by atoms with Gasteiger partial charge >= 0.3 is 0 Å². The van der Waals surface area contributed by atoms with E-state index in [-0.39, 0.29) is 28.1 Å². The second kappa shape index (κ2) is 12.8. The van der Waals surface area contributed by atoms with E-state index in [0.29, 0.717) is 38.5 Å². The van der Waals surface area contributed by atoms with Gasteiger partial charge in [-0.15, -0.1) is 0 Å². The maximum absolute atomic E-state index is 13.5. The van der Waals surface area contributed by atoms with Crippen LogP contribution in [0, 0.1) is 0 Å². The predicted octanol–water partition coefficient (Wildman–Crippen LogP) is 5.02. The summed E-state index contributed by atoms with van der Waals surface area (Å²) in [4.78, 5) is 21.7. The van der Waals surface area contributed by atoms with Gasteiger partial charge in [-0.3, -0.25) is 9.52 Å². The first-order valence-corrected chi connectivity index (χ1v) is 15.0. The van der Waals surface area contributed by atoms with Crippen molar-refractivity contribution in [1.82, 2.24) is 15.3 Å². The molecule has 4 rings (SSSR count). The molecular weight excluding hydrogens is 657 g/mol. The molecule has 4 aromatic rings. The fourth-order valence-electron chi connectivity index (χ4n) is 3.60. The molecule has 3 N–H and O–H groups in total. The lowest BCUT2D eigenvalue weighted by Crippen LogP contribution is -2.39. The number of benzene rings is 3. The monoisotopic (exact) mass is 681 g/mol. The second-order valence-corrected chi connectivity index (χ2v) is 11.3. The number of anilines is 3. The molecule has 0 saturated heterocycles. The Bertz CT molecular complexity index is 1610. The molecule has 3 aromatic carbocycles. The molecule has 1 atom stereocenters. The molecule has 0 aliphatic heterocycles. The number of para-hydroxylation sites is 2. The Morgan fingerprint density at radius 1 is 1.00 bits per heavy atom. The van der Waals surface area contributed by atoms with Crippen molar-refractivity contribution in [2.45, 2.75) is 10.9 Å². The summed E-state index contributed by atoms with van der Waals surface area (Å²) in [5.74, 6) is 0.216. The van der Waals surface area contributed by atoms with Crippen LogP contribution in [-0.4, -0.2) is 55.6 Å². The summed E-state index contributed by atoms with van der Waals surface area (Å²) in [5, 5.41) is 6.28. The largest absolute Gasteiger partial charge is 0.497 e. The van der Waals surface area contributed by atoms with Crippen LogP contribution in [0.25, 0.3) is 11.0 Å². The van der Waals surface area contributed by atoms with Gasteiger partial charge in [-0.2, -0.15) is 0 Å². The molecule has 0 bridgehead atoms. The Kier molecular flexibility index (Phi) is 9.43. The zero-order valence-corrected chi connectivity index (χ0v) is 24.7. The number of nitrogens with zero attached hydrogens (tertiary/aromatic N) is 2. The van der Waals surface area contributed by atoms with E-state index in [0.717, 1.165) is 0 Å². The summed E-state index contributed by atoms with van der Waals surface area (Å²) in [5.41, 5.74) is 1.66. The topological polar surface area (TPSA) is 132 Å². The van der Waals surface area contributed by atoms with E-state index in [1.165, 1.54) is 25.3 Å². The van der Waals surface area contributed by atoms with Crippen LogP contribution >= 0.6 is 34.2 Å². The maximum Gasteiger partial charge on any atom is 0.263 e. The van der Waals surface area contributed by atoms with Crippen molar-refractivity contribution in [3.05, 3.63) is 77.3 Å². The van der Waals surface area contributed by atoms with Crippen LogP contribution in [0.3, 0.4) is 0 Å². The van der Waals surface area contributed by atoms with Gasteiger partial charge in [0.2, 0.25) is 0 Å². The van der Waals surface area contributed by atoms with Crippen molar-refractivity contribution in [3.8, 4) is 5.75 Å². The van der Waals surface area contributed by atoms with E-state index in [2.05, 4.69) is 47.9 Å². The van der Waals surface area contributed by atoms with Crippen LogP contribution < -0.4 is 20.1 Å². The summed E-state index contributed by atoms with van der Waals surface area (Å²) < 4.78 is 40.5. The number of carbonyl (C=O) groups excluding carboxylic acids is 1. The summed E-state index contributed by atoms with van der Waals surface area (Å²) in [7, 11) is -1.11. The lowest BCUT2D eigenvalue weighted by Gasteiger charge is -2.16. The maximum atomic E-state index is 13.5. The molecule has 1 heterocycles. The van der Waals surface area contributed by atoms with Gasteiger partial charge in [0.05, 0.1) is 46.4 Å². The van der Waals surface area contributed by atoms with Crippen LogP contribution in [-0.2, 0) is 14.8 Å². The SMILES string of the molecule is COCC(CI)NC(=O)c1cccc(S(=O)(=O)Nc2nc3ccccc3nc2Nc2cc(OC)ccc2Cl)c1. The van der Waals surface area contributed by atoms with Gasteiger partial charge < -0.3 is 20.1 Å². The molecule has 0 aliphatic carbocycles. The van der Waals surface area contributed by atoms with Gasteiger partial charge in [0.15, 0.2) is 11.6 Å². The molecule has 1 aromatic heterocycles. The minimum absolute atomic E-state index is 0.0486. The van der Waals surface area contributed by atoms with Gasteiger partial charge in [-0.05, 0) is 42.5 Å². The number of fused-ring (bicyclic) bond motifs is 1. The van der Waals surface area contributed by atoms with E-state index in [1.54, 1.807) is 55.6 Å². The quantitative estimate of drug-likeness (QED) is 0.149. The number of carbonyl (C=O) groups is 1. The summed E-state index contributed by atoms with van der Waals surface area (Å²) in [6, 6.07) is 17.6. The van der Waals surface area contributed by atoms with E-state index in [9.17, 15) is 13.2 Å². The highest BCUT2D eigenvalue weighted by Crippen LogP contribution is 2.32. The number of sulfonamides is 1. The highest BCUT2D eigenvalue weighted by atomic mass is 127. The second-order valence-electron chi connectivity index (χ2n) is 8.29. The summed E-state index contributed by atoms with van der Waals surface area (Å²) >= 11 is 8.51. The third kappa shape index (κ3) is 7.06. The number of hydrogen-bond acceptors (Lipinski definition) is 8. The van der Waals surface area contributed by atoms with Crippen molar-refractivity contribution in [2.24, 2.45) is 0 Å². The zero-order chi connectivity index (χ0) is 28.0. The number of hydrogen-bond donors (Lipinski definition) is 3. The molecule has 0 saturated carbocycles. The number of methoxy groups -OCH3 is 2. The number of nitrogens with one attached hydrogen (secondary N) is 3.